The van der Waals surface area contributed by atoms with Crippen molar-refractivity contribution in [1.82, 2.24) is 25.0 Å². The van der Waals surface area contributed by atoms with Crippen molar-refractivity contribution in [3.05, 3.63) is 70.7 Å². The Labute approximate surface area is 243 Å². The van der Waals surface area contributed by atoms with Gasteiger partial charge in [-0.3, -0.25) is 9.69 Å². The van der Waals surface area contributed by atoms with Crippen LogP contribution in [0.15, 0.2) is 42.5 Å². The number of carboxylic acid groups (broad SMARTS) is 1. The van der Waals surface area contributed by atoms with Gasteiger partial charge in [-0.05, 0) is 94.8 Å². The number of amides is 1. The molecule has 2 aromatic heterocycles. The molecule has 0 aliphatic carbocycles. The molecule has 9 nitrogen and oxygen atoms in total. The number of nitrogens with one attached hydrogen (secondary N) is 2. The number of carbonyl (C=O) groups excluding carboxylic acids is 1. The summed E-state index contributed by atoms with van der Waals surface area (Å²) in [5, 5.41) is 19.9. The molecule has 0 saturated carbocycles. The number of aryl methyl sites for hydroxylation is 4. The average molecular weight is 587 g/mol. The number of alkyl halides is 3. The topological polar surface area (TPSA) is 112 Å². The molecule has 0 unspecified atom stereocenters. The van der Waals surface area contributed by atoms with E-state index in [1.54, 1.807) is 28.9 Å². The second-order valence-electron chi connectivity index (χ2n) is 10.7. The smallest absolute Gasteiger partial charge is 0.401 e. The number of carboxylic acids is 1. The first kappa shape index (κ1) is 31.0. The van der Waals surface area contributed by atoms with Gasteiger partial charge in [0.15, 0.2) is 0 Å². The minimum absolute atomic E-state index is 0.135. The number of fused-ring (bicyclic) bond motifs is 1. The van der Waals surface area contributed by atoms with Crippen LogP contribution in [0.4, 0.5) is 19.0 Å². The number of nitrogens with zero attached hydrogens (tertiary/aromatic N) is 4. The van der Waals surface area contributed by atoms with Gasteiger partial charge >= 0.3 is 12.1 Å². The van der Waals surface area contributed by atoms with Crippen LogP contribution < -0.4 is 10.6 Å². The van der Waals surface area contributed by atoms with Gasteiger partial charge < -0.3 is 15.7 Å². The summed E-state index contributed by atoms with van der Waals surface area (Å²) in [6.07, 6.45) is -0.788. The van der Waals surface area contributed by atoms with Gasteiger partial charge in [0.05, 0.1) is 17.9 Å². The van der Waals surface area contributed by atoms with E-state index in [1.807, 2.05) is 26.0 Å². The summed E-state index contributed by atoms with van der Waals surface area (Å²) in [5.74, 6) is -1.05. The lowest BCUT2D eigenvalue weighted by Gasteiger charge is -2.25. The Kier molecular flexibility index (Phi) is 10.2. The van der Waals surface area contributed by atoms with Gasteiger partial charge in [0.25, 0.3) is 5.91 Å². The number of hydrogen-bond acceptors (Lipinski definition) is 6. The van der Waals surface area contributed by atoms with Gasteiger partial charge in [-0.1, -0.05) is 12.1 Å². The Morgan fingerprint density at radius 2 is 1.95 bits per heavy atom. The lowest BCUT2D eigenvalue weighted by molar-refractivity contribution is -0.147. The van der Waals surface area contributed by atoms with E-state index in [-0.39, 0.29) is 25.1 Å². The quantitative estimate of drug-likeness (QED) is 0.249. The number of unbranched alkanes of at least 4 members (excludes halogenated alkanes) is 1. The minimum Gasteiger partial charge on any atom is -0.480 e. The monoisotopic (exact) mass is 586 g/mol. The summed E-state index contributed by atoms with van der Waals surface area (Å²) < 4.78 is 41.6. The average Bonchev–Trinajstić information content (AvgIpc) is 3.29. The Bertz CT molecular complexity index is 1390. The summed E-state index contributed by atoms with van der Waals surface area (Å²) in [7, 11) is 0. The molecule has 0 bridgehead atoms. The molecule has 1 aliphatic rings. The molecule has 12 heteroatoms. The number of anilines is 1. The van der Waals surface area contributed by atoms with Crippen LogP contribution in [0.25, 0.3) is 5.69 Å². The molecule has 42 heavy (non-hydrogen) atoms. The van der Waals surface area contributed by atoms with Gasteiger partial charge in [0, 0.05) is 30.0 Å². The van der Waals surface area contributed by atoms with Crippen molar-refractivity contribution < 1.29 is 27.9 Å². The number of aromatic nitrogens is 3. The predicted molar refractivity (Wildman–Crippen MR) is 153 cm³/mol. The van der Waals surface area contributed by atoms with E-state index in [4.69, 9.17) is 0 Å². The first-order chi connectivity index (χ1) is 20.0. The van der Waals surface area contributed by atoms with Crippen LogP contribution in [0.1, 0.15) is 58.7 Å². The zero-order chi connectivity index (χ0) is 30.3. The van der Waals surface area contributed by atoms with Gasteiger partial charge in [-0.15, -0.1) is 0 Å². The van der Waals surface area contributed by atoms with E-state index >= 15 is 0 Å². The maximum atomic E-state index is 13.3. The highest BCUT2D eigenvalue weighted by molar-refractivity contribution is 5.97. The van der Waals surface area contributed by atoms with Crippen LogP contribution >= 0.6 is 0 Å². The molecule has 4 rings (SSSR count). The molecule has 3 aromatic rings. The van der Waals surface area contributed by atoms with Crippen LogP contribution in [0.2, 0.25) is 0 Å². The molecule has 0 spiro atoms. The molecule has 1 aliphatic heterocycles. The molecule has 1 aromatic carbocycles. The second kappa shape index (κ2) is 13.8. The molecule has 226 valence electrons. The first-order valence-corrected chi connectivity index (χ1v) is 14.2. The van der Waals surface area contributed by atoms with E-state index in [0.29, 0.717) is 24.9 Å². The van der Waals surface area contributed by atoms with Crippen LogP contribution in [-0.4, -0.2) is 75.0 Å². The Balaban J connectivity index is 1.32. The molecule has 0 saturated heterocycles. The Morgan fingerprint density at radius 3 is 2.67 bits per heavy atom. The standard InChI is InChI=1S/C30H37F3N6O3/c1-20-17-21(2)39(37-20)25-10-5-7-23(18-25)28(40)36-26(29(41)42)13-16-38(19-30(31,32)33)15-4-3-9-24-12-11-22-8-6-14-34-27(22)35-24/h5,7,10-12,17-18,26H,3-4,6,8-9,13-16,19H2,1-2H3,(H,34,35)(H,36,40)(H,41,42)/t26-/m0/s1. The van der Waals surface area contributed by atoms with Crippen LogP contribution in [-0.2, 0) is 17.6 Å². The van der Waals surface area contributed by atoms with Gasteiger partial charge in [0.1, 0.15) is 11.9 Å². The summed E-state index contributed by atoms with van der Waals surface area (Å²) in [6, 6.07) is 11.1. The molecule has 3 heterocycles. The minimum atomic E-state index is -4.43. The number of pyridine rings is 1. The summed E-state index contributed by atoms with van der Waals surface area (Å²) in [4.78, 5) is 30.7. The third kappa shape index (κ3) is 8.78. The fourth-order valence-corrected chi connectivity index (χ4v) is 5.15. The summed E-state index contributed by atoms with van der Waals surface area (Å²) in [5.41, 5.74) is 4.61. The van der Waals surface area contributed by atoms with Gasteiger partial charge in [-0.2, -0.15) is 18.3 Å². The van der Waals surface area contributed by atoms with Crippen molar-refractivity contribution in [1.29, 1.82) is 0 Å². The highest BCUT2D eigenvalue weighted by Crippen LogP contribution is 2.21. The molecular weight excluding hydrogens is 549 g/mol. The number of halogens is 3. The SMILES string of the molecule is Cc1cc(C)n(-c2cccc(C(=O)N[C@@H](CCN(CCCCc3ccc4c(n3)NCCC4)CC(F)(F)F)C(=O)O)c2)n1. The van der Waals surface area contributed by atoms with E-state index < -0.39 is 30.6 Å². The predicted octanol–water partition coefficient (Wildman–Crippen LogP) is 4.70. The Hall–Kier alpha value is -3.93. The summed E-state index contributed by atoms with van der Waals surface area (Å²) in [6.45, 7) is 3.47. The van der Waals surface area contributed by atoms with Crippen molar-refractivity contribution in [3.8, 4) is 5.69 Å². The van der Waals surface area contributed by atoms with Crippen molar-refractivity contribution in [3.63, 3.8) is 0 Å². The van der Waals surface area contributed by atoms with Crippen molar-refractivity contribution in [2.45, 2.75) is 64.6 Å². The van der Waals surface area contributed by atoms with Gasteiger partial charge in [-0.25, -0.2) is 14.5 Å². The zero-order valence-corrected chi connectivity index (χ0v) is 23.9. The van der Waals surface area contributed by atoms with Gasteiger partial charge in [0.2, 0.25) is 0 Å². The van der Waals surface area contributed by atoms with Crippen molar-refractivity contribution >= 4 is 17.7 Å². The number of carbonyl (C=O) groups is 2. The lowest BCUT2D eigenvalue weighted by atomic mass is 10.1. The number of hydrogen-bond donors (Lipinski definition) is 3. The molecule has 1 atom stereocenters. The zero-order valence-electron chi connectivity index (χ0n) is 23.9. The van der Waals surface area contributed by atoms with Crippen LogP contribution in [0.5, 0.6) is 0 Å². The number of rotatable bonds is 13. The van der Waals surface area contributed by atoms with E-state index in [0.717, 1.165) is 42.3 Å². The molecule has 0 radical (unpaired) electrons. The number of aliphatic carboxylic acids is 1. The van der Waals surface area contributed by atoms with E-state index in [1.165, 1.54) is 10.5 Å². The normalized spacial score (nSPS) is 13.9. The Morgan fingerprint density at radius 1 is 1.14 bits per heavy atom. The fraction of sp³-hybridized carbons (Fsp3) is 0.467. The molecule has 1 amide bonds. The van der Waals surface area contributed by atoms with Crippen LogP contribution in [0.3, 0.4) is 0 Å². The maximum absolute atomic E-state index is 13.3. The van der Waals surface area contributed by atoms with Crippen LogP contribution in [0, 0.1) is 13.8 Å². The van der Waals surface area contributed by atoms with Crippen molar-refractivity contribution in [2.24, 2.45) is 0 Å². The lowest BCUT2D eigenvalue weighted by Crippen LogP contribution is -2.44. The fourth-order valence-electron chi connectivity index (χ4n) is 5.15. The first-order valence-electron chi connectivity index (χ1n) is 14.2. The third-order valence-corrected chi connectivity index (χ3v) is 7.21. The number of benzene rings is 1. The molecular formula is C30H37F3N6O3. The molecule has 0 fully saturated rings. The summed E-state index contributed by atoms with van der Waals surface area (Å²) >= 11 is 0. The second-order valence-corrected chi connectivity index (χ2v) is 10.7. The highest BCUT2D eigenvalue weighted by Gasteiger charge is 2.31. The maximum Gasteiger partial charge on any atom is 0.401 e. The van der Waals surface area contributed by atoms with Crippen molar-refractivity contribution in [2.75, 3.05) is 31.5 Å². The molecule has 3 N–H and O–H groups in total. The third-order valence-electron chi connectivity index (χ3n) is 7.21. The van der Waals surface area contributed by atoms with E-state index in [2.05, 4.69) is 26.8 Å². The van der Waals surface area contributed by atoms with E-state index in [9.17, 15) is 27.9 Å². The highest BCUT2D eigenvalue weighted by atomic mass is 19.4. The largest absolute Gasteiger partial charge is 0.480 e.